The van der Waals surface area contributed by atoms with Gasteiger partial charge in [-0.15, -0.1) is 0 Å². The van der Waals surface area contributed by atoms with Crippen molar-refractivity contribution in [1.29, 1.82) is 0 Å². The zero-order chi connectivity index (χ0) is 15.4. The highest BCUT2D eigenvalue weighted by Crippen LogP contribution is 2.21. The Kier molecular flexibility index (Phi) is 4.39. The molecule has 0 spiro atoms. The molecular formula is C14H12ClN3O3. The van der Waals surface area contributed by atoms with Gasteiger partial charge in [-0.2, -0.15) is 0 Å². The van der Waals surface area contributed by atoms with Crippen molar-refractivity contribution in [2.24, 2.45) is 5.73 Å². The number of nitrogens with two attached hydrogens (primary N) is 1. The number of benzene rings is 1. The Balaban J connectivity index is 2.14. The van der Waals surface area contributed by atoms with Gasteiger partial charge in [0.1, 0.15) is 5.69 Å². The number of hydrogen-bond acceptors (Lipinski definition) is 4. The smallest absolute Gasteiger partial charge is 0.354 e. The number of carbonyl (C=O) groups is 2. The maximum atomic E-state index is 11.3. The molecule has 2 rings (SSSR count). The quantitative estimate of drug-likeness (QED) is 0.785. The molecule has 4 N–H and O–H groups in total. The van der Waals surface area contributed by atoms with E-state index in [1.165, 1.54) is 12.3 Å². The number of nitrogens with zero attached hydrogens (tertiary/aromatic N) is 1. The van der Waals surface area contributed by atoms with E-state index in [1.807, 2.05) is 0 Å². The van der Waals surface area contributed by atoms with Crippen molar-refractivity contribution in [2.75, 3.05) is 5.32 Å². The average Bonchev–Trinajstić information content (AvgIpc) is 2.45. The summed E-state index contributed by atoms with van der Waals surface area (Å²) in [6, 6.07) is 7.76. The number of carboxylic acid groups (broad SMARTS) is 1. The number of aromatic nitrogens is 1. The topological polar surface area (TPSA) is 105 Å². The van der Waals surface area contributed by atoms with Crippen molar-refractivity contribution in [2.45, 2.75) is 6.54 Å². The number of amides is 1. The summed E-state index contributed by atoms with van der Waals surface area (Å²) in [7, 11) is 0. The molecule has 0 saturated heterocycles. The molecule has 1 aromatic carbocycles. The lowest BCUT2D eigenvalue weighted by molar-refractivity contribution is 0.0690. The molecule has 0 atom stereocenters. The lowest BCUT2D eigenvalue weighted by atomic mass is 10.1. The van der Waals surface area contributed by atoms with Gasteiger partial charge >= 0.3 is 5.97 Å². The monoisotopic (exact) mass is 305 g/mol. The Morgan fingerprint density at radius 2 is 2.05 bits per heavy atom. The molecule has 0 radical (unpaired) electrons. The fourth-order valence-electron chi connectivity index (χ4n) is 1.73. The highest BCUT2D eigenvalue weighted by atomic mass is 35.5. The molecule has 0 saturated carbocycles. The third-order valence-corrected chi connectivity index (χ3v) is 3.01. The average molecular weight is 306 g/mol. The van der Waals surface area contributed by atoms with Gasteiger partial charge in [-0.3, -0.25) is 4.79 Å². The van der Waals surface area contributed by atoms with Gasteiger partial charge in [-0.1, -0.05) is 17.7 Å². The fraction of sp³-hybridized carbons (Fsp3) is 0.0714. The summed E-state index contributed by atoms with van der Waals surface area (Å²) in [5.41, 5.74) is 6.86. The molecule has 0 unspecified atom stereocenters. The van der Waals surface area contributed by atoms with Gasteiger partial charge in [0.15, 0.2) is 0 Å². The number of halogens is 1. The first kappa shape index (κ1) is 14.8. The van der Waals surface area contributed by atoms with Crippen molar-refractivity contribution in [3.05, 3.63) is 58.4 Å². The summed E-state index contributed by atoms with van der Waals surface area (Å²) >= 11 is 5.89. The van der Waals surface area contributed by atoms with E-state index in [4.69, 9.17) is 22.4 Å². The standard InChI is InChI=1S/C14H12ClN3O3/c15-9-2-3-10(13(16)19)12(5-9)18-7-8-1-4-11(14(20)21)17-6-8/h1-6,18H,7H2,(H2,16,19)(H,20,21). The van der Waals surface area contributed by atoms with Crippen LogP contribution in [0.2, 0.25) is 5.02 Å². The number of rotatable bonds is 5. The SMILES string of the molecule is NC(=O)c1ccc(Cl)cc1NCc1ccc(C(=O)O)nc1. The normalized spacial score (nSPS) is 10.1. The van der Waals surface area contributed by atoms with Crippen LogP contribution in [0.3, 0.4) is 0 Å². The maximum Gasteiger partial charge on any atom is 0.354 e. The van der Waals surface area contributed by atoms with E-state index in [9.17, 15) is 9.59 Å². The first-order valence-corrected chi connectivity index (χ1v) is 6.36. The van der Waals surface area contributed by atoms with E-state index in [-0.39, 0.29) is 5.69 Å². The van der Waals surface area contributed by atoms with E-state index >= 15 is 0 Å². The number of carboxylic acids is 1. The van der Waals surface area contributed by atoms with Crippen LogP contribution >= 0.6 is 11.6 Å². The second-order valence-electron chi connectivity index (χ2n) is 4.26. The molecule has 0 fully saturated rings. The van der Waals surface area contributed by atoms with E-state index in [0.717, 1.165) is 5.56 Å². The van der Waals surface area contributed by atoms with Gasteiger partial charge in [0.2, 0.25) is 0 Å². The van der Waals surface area contributed by atoms with Crippen molar-refractivity contribution < 1.29 is 14.7 Å². The van der Waals surface area contributed by atoms with Crippen LogP contribution in [0, 0.1) is 0 Å². The van der Waals surface area contributed by atoms with E-state index in [1.54, 1.807) is 24.3 Å². The summed E-state index contributed by atoms with van der Waals surface area (Å²) in [5.74, 6) is -1.64. The van der Waals surface area contributed by atoms with Crippen LogP contribution in [0.15, 0.2) is 36.5 Å². The molecule has 21 heavy (non-hydrogen) atoms. The molecule has 1 heterocycles. The van der Waals surface area contributed by atoms with Crippen LogP contribution in [-0.2, 0) is 6.54 Å². The Labute approximate surface area is 125 Å². The van der Waals surface area contributed by atoms with Gasteiger partial charge in [0, 0.05) is 23.5 Å². The fourth-order valence-corrected chi connectivity index (χ4v) is 1.90. The van der Waals surface area contributed by atoms with Gasteiger partial charge in [0.05, 0.1) is 5.56 Å². The maximum absolute atomic E-state index is 11.3. The summed E-state index contributed by atoms with van der Waals surface area (Å²) in [6.45, 7) is 0.355. The first-order valence-electron chi connectivity index (χ1n) is 5.99. The number of primary amides is 1. The molecule has 0 aliphatic carbocycles. The molecule has 6 nitrogen and oxygen atoms in total. The van der Waals surface area contributed by atoms with Crippen LogP contribution in [0.5, 0.6) is 0 Å². The van der Waals surface area contributed by atoms with Gasteiger partial charge in [-0.05, 0) is 29.8 Å². The summed E-state index contributed by atoms with van der Waals surface area (Å²) in [5, 5.41) is 12.3. The zero-order valence-electron chi connectivity index (χ0n) is 10.8. The third-order valence-electron chi connectivity index (χ3n) is 2.77. The molecule has 1 aromatic heterocycles. The molecule has 0 aliphatic rings. The van der Waals surface area contributed by atoms with Crippen LogP contribution in [0.25, 0.3) is 0 Å². The lowest BCUT2D eigenvalue weighted by Gasteiger charge is -2.10. The highest BCUT2D eigenvalue weighted by Gasteiger charge is 2.09. The summed E-state index contributed by atoms with van der Waals surface area (Å²) < 4.78 is 0. The molecule has 2 aromatic rings. The number of aromatic carboxylic acids is 1. The number of hydrogen-bond donors (Lipinski definition) is 3. The number of carbonyl (C=O) groups excluding carboxylic acids is 1. The summed E-state index contributed by atoms with van der Waals surface area (Å²) in [4.78, 5) is 25.8. The largest absolute Gasteiger partial charge is 0.477 e. The molecular weight excluding hydrogens is 294 g/mol. The second kappa shape index (κ2) is 6.23. The predicted molar refractivity (Wildman–Crippen MR) is 78.5 cm³/mol. The van der Waals surface area contributed by atoms with Gasteiger partial charge < -0.3 is 16.2 Å². The van der Waals surface area contributed by atoms with Crippen molar-refractivity contribution in [3.8, 4) is 0 Å². The lowest BCUT2D eigenvalue weighted by Crippen LogP contribution is -2.14. The van der Waals surface area contributed by atoms with E-state index < -0.39 is 11.9 Å². The van der Waals surface area contributed by atoms with Gasteiger partial charge in [0.25, 0.3) is 5.91 Å². The Morgan fingerprint density at radius 3 is 2.62 bits per heavy atom. The highest BCUT2D eigenvalue weighted by molar-refractivity contribution is 6.31. The summed E-state index contributed by atoms with van der Waals surface area (Å²) in [6.07, 6.45) is 1.45. The number of pyridine rings is 1. The van der Waals surface area contributed by atoms with Crippen LogP contribution in [0.1, 0.15) is 26.4 Å². The third kappa shape index (κ3) is 3.70. The zero-order valence-corrected chi connectivity index (χ0v) is 11.6. The first-order chi connectivity index (χ1) is 9.97. The number of anilines is 1. The Morgan fingerprint density at radius 1 is 1.29 bits per heavy atom. The molecule has 1 amide bonds. The minimum Gasteiger partial charge on any atom is -0.477 e. The van der Waals surface area contributed by atoms with Crippen LogP contribution in [-0.4, -0.2) is 22.0 Å². The number of nitrogens with one attached hydrogen (secondary N) is 1. The molecule has 0 aliphatic heterocycles. The molecule has 0 bridgehead atoms. The minimum atomic E-state index is -1.08. The van der Waals surface area contributed by atoms with Gasteiger partial charge in [-0.25, -0.2) is 9.78 Å². The van der Waals surface area contributed by atoms with Crippen LogP contribution in [0.4, 0.5) is 5.69 Å². The minimum absolute atomic E-state index is 0.0284. The van der Waals surface area contributed by atoms with Crippen molar-refractivity contribution in [3.63, 3.8) is 0 Å². The second-order valence-corrected chi connectivity index (χ2v) is 4.70. The van der Waals surface area contributed by atoms with Crippen molar-refractivity contribution >= 4 is 29.2 Å². The van der Waals surface area contributed by atoms with Crippen molar-refractivity contribution in [1.82, 2.24) is 4.98 Å². The Hall–Kier alpha value is -2.60. The molecule has 7 heteroatoms. The van der Waals surface area contributed by atoms with Crippen LogP contribution < -0.4 is 11.1 Å². The Bertz CT molecular complexity index is 686. The van der Waals surface area contributed by atoms with E-state index in [0.29, 0.717) is 22.8 Å². The predicted octanol–water partition coefficient (Wildman–Crippen LogP) is 2.14. The van der Waals surface area contributed by atoms with E-state index in [2.05, 4.69) is 10.3 Å². The molecule has 108 valence electrons.